The second kappa shape index (κ2) is 9.89. The molecule has 0 unspecified atom stereocenters. The summed E-state index contributed by atoms with van der Waals surface area (Å²) < 4.78 is 0. The van der Waals surface area contributed by atoms with Crippen molar-refractivity contribution < 1.29 is 9.59 Å². The lowest BCUT2D eigenvalue weighted by Gasteiger charge is -2.39. The highest BCUT2D eigenvalue weighted by Crippen LogP contribution is 2.30. The molecule has 156 valence electrons. The molecule has 0 bridgehead atoms. The van der Waals surface area contributed by atoms with Gasteiger partial charge >= 0.3 is 0 Å². The Bertz CT molecular complexity index is 658. The van der Waals surface area contributed by atoms with Gasteiger partial charge in [0, 0.05) is 24.6 Å². The summed E-state index contributed by atoms with van der Waals surface area (Å²) >= 11 is 0. The van der Waals surface area contributed by atoms with Gasteiger partial charge in [0.05, 0.1) is 5.54 Å². The number of likely N-dealkylation sites (tertiary alicyclic amines) is 1. The standard InChI is InChI=1S/C23H34N2O2.ClH/c1-17(2)16-18-6-8-19(9-7-18)21(26)20-10-14-25(15-11-20)22(27)23(24)12-4-3-5-13-23;/h6-9,17,20H,3-5,10-16,24H2,1-2H3;1H. The summed E-state index contributed by atoms with van der Waals surface area (Å²) in [6.07, 6.45) is 7.40. The van der Waals surface area contributed by atoms with Crippen LogP contribution in [0.25, 0.3) is 0 Å². The molecule has 0 spiro atoms. The van der Waals surface area contributed by atoms with Gasteiger partial charge in [-0.1, -0.05) is 57.4 Å². The van der Waals surface area contributed by atoms with E-state index < -0.39 is 5.54 Å². The Morgan fingerprint density at radius 2 is 1.64 bits per heavy atom. The minimum Gasteiger partial charge on any atom is -0.341 e. The Balaban J connectivity index is 0.00000280. The van der Waals surface area contributed by atoms with Crippen LogP contribution in [0.4, 0.5) is 0 Å². The minimum atomic E-state index is -0.665. The fourth-order valence-corrected chi connectivity index (χ4v) is 4.57. The van der Waals surface area contributed by atoms with Crippen LogP contribution in [0.1, 0.15) is 74.7 Å². The summed E-state index contributed by atoms with van der Waals surface area (Å²) in [4.78, 5) is 27.6. The maximum absolute atomic E-state index is 12.9. The first kappa shape index (κ1) is 22.9. The zero-order valence-electron chi connectivity index (χ0n) is 17.3. The number of nitrogens with two attached hydrogens (primary N) is 1. The summed E-state index contributed by atoms with van der Waals surface area (Å²) in [7, 11) is 0. The molecule has 2 N–H and O–H groups in total. The van der Waals surface area contributed by atoms with Crippen LogP contribution in [0.5, 0.6) is 0 Å². The fourth-order valence-electron chi connectivity index (χ4n) is 4.57. The number of hydrogen-bond acceptors (Lipinski definition) is 3. The normalized spacial score (nSPS) is 19.9. The van der Waals surface area contributed by atoms with E-state index in [4.69, 9.17) is 5.73 Å². The Hall–Kier alpha value is -1.39. The van der Waals surface area contributed by atoms with Crippen LogP contribution < -0.4 is 5.73 Å². The van der Waals surface area contributed by atoms with E-state index >= 15 is 0 Å². The smallest absolute Gasteiger partial charge is 0.242 e. The molecule has 5 heteroatoms. The summed E-state index contributed by atoms with van der Waals surface area (Å²) in [6, 6.07) is 8.09. The number of hydrogen-bond donors (Lipinski definition) is 1. The third-order valence-electron chi connectivity index (χ3n) is 6.21. The molecule has 2 aliphatic rings. The third kappa shape index (κ3) is 5.36. The first-order valence-electron chi connectivity index (χ1n) is 10.6. The van der Waals surface area contributed by atoms with Gasteiger partial charge in [-0.25, -0.2) is 0 Å². The van der Waals surface area contributed by atoms with E-state index in [0.717, 1.165) is 50.5 Å². The third-order valence-corrected chi connectivity index (χ3v) is 6.21. The van der Waals surface area contributed by atoms with Gasteiger partial charge < -0.3 is 10.6 Å². The minimum absolute atomic E-state index is 0. The summed E-state index contributed by atoms with van der Waals surface area (Å²) in [6.45, 7) is 5.71. The first-order chi connectivity index (χ1) is 12.9. The molecule has 2 fully saturated rings. The highest BCUT2D eigenvalue weighted by Gasteiger charge is 2.40. The van der Waals surface area contributed by atoms with Crippen molar-refractivity contribution in [2.24, 2.45) is 17.6 Å². The molecule has 0 aromatic heterocycles. The van der Waals surface area contributed by atoms with Crippen molar-refractivity contribution >= 4 is 24.1 Å². The molecular formula is C23H35ClN2O2. The van der Waals surface area contributed by atoms with Crippen molar-refractivity contribution in [3.63, 3.8) is 0 Å². The quantitative estimate of drug-likeness (QED) is 0.737. The van der Waals surface area contributed by atoms with Crippen LogP contribution >= 0.6 is 12.4 Å². The van der Waals surface area contributed by atoms with Crippen molar-refractivity contribution in [2.75, 3.05) is 13.1 Å². The number of nitrogens with zero attached hydrogens (tertiary/aromatic N) is 1. The van der Waals surface area contributed by atoms with Crippen molar-refractivity contribution in [1.29, 1.82) is 0 Å². The molecule has 4 nitrogen and oxygen atoms in total. The predicted molar refractivity (Wildman–Crippen MR) is 116 cm³/mol. The van der Waals surface area contributed by atoms with Crippen LogP contribution in [-0.4, -0.2) is 35.2 Å². The molecule has 0 atom stereocenters. The lowest BCUT2D eigenvalue weighted by atomic mass is 9.80. The predicted octanol–water partition coefficient (Wildman–Crippen LogP) is 4.39. The second-order valence-electron chi connectivity index (χ2n) is 8.94. The van der Waals surface area contributed by atoms with E-state index in [1.807, 2.05) is 17.0 Å². The maximum Gasteiger partial charge on any atom is 0.242 e. The topological polar surface area (TPSA) is 63.4 Å². The van der Waals surface area contributed by atoms with E-state index in [-0.39, 0.29) is 30.0 Å². The molecule has 1 saturated carbocycles. The van der Waals surface area contributed by atoms with Gasteiger partial charge in [0.15, 0.2) is 5.78 Å². The van der Waals surface area contributed by atoms with E-state index in [9.17, 15) is 9.59 Å². The number of piperidine rings is 1. The highest BCUT2D eigenvalue weighted by atomic mass is 35.5. The van der Waals surface area contributed by atoms with Crippen LogP contribution in [0.2, 0.25) is 0 Å². The molecule has 1 saturated heterocycles. The van der Waals surface area contributed by atoms with Gasteiger partial charge in [0.25, 0.3) is 0 Å². The van der Waals surface area contributed by atoms with E-state index in [0.29, 0.717) is 19.0 Å². The monoisotopic (exact) mass is 406 g/mol. The lowest BCUT2D eigenvalue weighted by molar-refractivity contribution is -0.139. The Morgan fingerprint density at radius 3 is 2.18 bits per heavy atom. The fraction of sp³-hybridized carbons (Fsp3) is 0.652. The zero-order valence-corrected chi connectivity index (χ0v) is 18.1. The number of halogens is 1. The first-order valence-corrected chi connectivity index (χ1v) is 10.6. The number of ketones is 1. The van der Waals surface area contributed by atoms with Crippen LogP contribution in [0.3, 0.4) is 0 Å². The van der Waals surface area contributed by atoms with Crippen molar-refractivity contribution in [3.8, 4) is 0 Å². The zero-order chi connectivity index (χ0) is 19.4. The summed E-state index contributed by atoms with van der Waals surface area (Å²) in [5.41, 5.74) is 7.83. The number of amides is 1. The molecule has 1 aromatic carbocycles. The van der Waals surface area contributed by atoms with Gasteiger partial charge in [-0.2, -0.15) is 0 Å². The largest absolute Gasteiger partial charge is 0.341 e. The molecule has 1 heterocycles. The van der Waals surface area contributed by atoms with Crippen LogP contribution in [-0.2, 0) is 11.2 Å². The second-order valence-corrected chi connectivity index (χ2v) is 8.94. The molecule has 1 aliphatic heterocycles. The average molecular weight is 407 g/mol. The molecule has 28 heavy (non-hydrogen) atoms. The number of rotatable bonds is 5. The summed E-state index contributed by atoms with van der Waals surface area (Å²) in [5, 5.41) is 0. The van der Waals surface area contributed by atoms with E-state index in [1.54, 1.807) is 0 Å². The van der Waals surface area contributed by atoms with Crippen LogP contribution in [0, 0.1) is 11.8 Å². The molecule has 0 radical (unpaired) electrons. The average Bonchev–Trinajstić information content (AvgIpc) is 2.68. The van der Waals surface area contributed by atoms with Crippen molar-refractivity contribution in [2.45, 2.75) is 70.8 Å². The van der Waals surface area contributed by atoms with Crippen molar-refractivity contribution in [3.05, 3.63) is 35.4 Å². The number of Topliss-reactive ketones (excluding diaryl/α,β-unsaturated/α-hetero) is 1. The van der Waals surface area contributed by atoms with E-state index in [2.05, 4.69) is 26.0 Å². The SMILES string of the molecule is CC(C)Cc1ccc(C(=O)C2CCN(C(=O)C3(N)CCCCC3)CC2)cc1.Cl. The maximum atomic E-state index is 12.9. The van der Waals surface area contributed by atoms with Gasteiger partial charge in [0.2, 0.25) is 5.91 Å². The Labute approximate surface area is 175 Å². The molecular weight excluding hydrogens is 372 g/mol. The van der Waals surface area contributed by atoms with Gasteiger partial charge in [-0.15, -0.1) is 12.4 Å². The van der Waals surface area contributed by atoms with Gasteiger partial charge in [0.1, 0.15) is 0 Å². The lowest BCUT2D eigenvalue weighted by Crippen LogP contribution is -2.57. The highest BCUT2D eigenvalue weighted by molar-refractivity contribution is 5.98. The summed E-state index contributed by atoms with van der Waals surface area (Å²) in [5.74, 6) is 0.956. The number of carbonyl (C=O) groups excluding carboxylic acids is 2. The molecule has 1 amide bonds. The van der Waals surface area contributed by atoms with Crippen molar-refractivity contribution in [1.82, 2.24) is 4.90 Å². The number of carbonyl (C=O) groups is 2. The number of benzene rings is 1. The van der Waals surface area contributed by atoms with E-state index in [1.165, 1.54) is 12.0 Å². The van der Waals surface area contributed by atoms with Crippen LogP contribution in [0.15, 0.2) is 24.3 Å². The molecule has 3 rings (SSSR count). The molecule has 1 aliphatic carbocycles. The molecule has 1 aromatic rings. The van der Waals surface area contributed by atoms with Gasteiger partial charge in [-0.05, 0) is 43.6 Å². The Morgan fingerprint density at radius 1 is 1.07 bits per heavy atom. The Kier molecular flexibility index (Phi) is 8.08. The van der Waals surface area contributed by atoms with Gasteiger partial charge in [-0.3, -0.25) is 9.59 Å².